The number of hydrogen-bond donors (Lipinski definition) is 1. The lowest BCUT2D eigenvalue weighted by Crippen LogP contribution is -2.29. The standard InChI is InChI=1S/C16H25NO2/c1-4-18-16-7-5-14(6-8-16)12(2)17-11-15-9-10-19-13(15)3/h5-8,12-13,15,17H,4,9-11H2,1-3H3. The molecule has 1 aromatic carbocycles. The summed E-state index contributed by atoms with van der Waals surface area (Å²) in [5, 5.41) is 3.60. The van der Waals surface area contributed by atoms with Gasteiger partial charge in [-0.2, -0.15) is 0 Å². The van der Waals surface area contributed by atoms with Gasteiger partial charge in [-0.05, 0) is 50.8 Å². The maximum Gasteiger partial charge on any atom is 0.119 e. The first-order valence-corrected chi connectivity index (χ1v) is 7.28. The van der Waals surface area contributed by atoms with E-state index in [4.69, 9.17) is 9.47 Å². The quantitative estimate of drug-likeness (QED) is 0.855. The normalized spacial score (nSPS) is 24.4. The fourth-order valence-electron chi connectivity index (χ4n) is 2.51. The molecular weight excluding hydrogens is 238 g/mol. The first-order valence-electron chi connectivity index (χ1n) is 7.28. The van der Waals surface area contributed by atoms with Crippen LogP contribution in [0.1, 0.15) is 38.8 Å². The third kappa shape index (κ3) is 3.95. The number of rotatable bonds is 6. The molecule has 3 unspecified atom stereocenters. The molecule has 0 aliphatic carbocycles. The number of hydrogen-bond acceptors (Lipinski definition) is 3. The van der Waals surface area contributed by atoms with Crippen LogP contribution in [0.25, 0.3) is 0 Å². The average molecular weight is 263 g/mol. The van der Waals surface area contributed by atoms with Gasteiger partial charge in [-0.1, -0.05) is 12.1 Å². The van der Waals surface area contributed by atoms with Crippen molar-refractivity contribution in [3.63, 3.8) is 0 Å². The molecule has 1 fully saturated rings. The maximum absolute atomic E-state index is 5.59. The number of nitrogens with one attached hydrogen (secondary N) is 1. The molecule has 1 N–H and O–H groups in total. The molecular formula is C16H25NO2. The Labute approximate surface area is 116 Å². The molecule has 1 aromatic rings. The predicted molar refractivity (Wildman–Crippen MR) is 77.5 cm³/mol. The van der Waals surface area contributed by atoms with Crippen LogP contribution in [0.4, 0.5) is 0 Å². The highest BCUT2D eigenvalue weighted by Gasteiger charge is 2.24. The van der Waals surface area contributed by atoms with Crippen LogP contribution in [-0.4, -0.2) is 25.9 Å². The molecule has 106 valence electrons. The first kappa shape index (κ1) is 14.4. The van der Waals surface area contributed by atoms with E-state index in [1.165, 1.54) is 12.0 Å². The van der Waals surface area contributed by atoms with Gasteiger partial charge in [0.25, 0.3) is 0 Å². The highest BCUT2D eigenvalue weighted by atomic mass is 16.5. The van der Waals surface area contributed by atoms with E-state index in [1.54, 1.807) is 0 Å². The van der Waals surface area contributed by atoms with E-state index in [0.29, 0.717) is 24.7 Å². The second-order valence-electron chi connectivity index (χ2n) is 5.26. The van der Waals surface area contributed by atoms with Gasteiger partial charge in [-0.25, -0.2) is 0 Å². The van der Waals surface area contributed by atoms with Gasteiger partial charge in [-0.3, -0.25) is 0 Å². The van der Waals surface area contributed by atoms with Crippen molar-refractivity contribution in [2.24, 2.45) is 5.92 Å². The van der Waals surface area contributed by atoms with Crippen molar-refractivity contribution in [1.29, 1.82) is 0 Å². The summed E-state index contributed by atoms with van der Waals surface area (Å²) in [5.74, 6) is 1.58. The van der Waals surface area contributed by atoms with Crippen LogP contribution in [0.5, 0.6) is 5.75 Å². The lowest BCUT2D eigenvalue weighted by molar-refractivity contribution is 0.105. The molecule has 1 aliphatic rings. The number of ether oxygens (including phenoxy) is 2. The number of benzene rings is 1. The van der Waals surface area contributed by atoms with E-state index in [-0.39, 0.29) is 0 Å². The van der Waals surface area contributed by atoms with Crippen LogP contribution in [-0.2, 0) is 4.74 Å². The Balaban J connectivity index is 1.83. The minimum atomic E-state index is 0.364. The molecule has 3 nitrogen and oxygen atoms in total. The summed E-state index contributed by atoms with van der Waals surface area (Å²) in [6.07, 6.45) is 1.56. The third-order valence-electron chi connectivity index (χ3n) is 3.91. The Morgan fingerprint density at radius 1 is 1.37 bits per heavy atom. The highest BCUT2D eigenvalue weighted by molar-refractivity contribution is 5.28. The van der Waals surface area contributed by atoms with Crippen molar-refractivity contribution in [2.45, 2.75) is 39.3 Å². The van der Waals surface area contributed by atoms with Crippen LogP contribution in [0, 0.1) is 5.92 Å². The van der Waals surface area contributed by atoms with Gasteiger partial charge in [0.05, 0.1) is 12.7 Å². The fourth-order valence-corrected chi connectivity index (χ4v) is 2.51. The largest absolute Gasteiger partial charge is 0.494 e. The van der Waals surface area contributed by atoms with Gasteiger partial charge in [0, 0.05) is 19.2 Å². The van der Waals surface area contributed by atoms with E-state index in [9.17, 15) is 0 Å². The fraction of sp³-hybridized carbons (Fsp3) is 0.625. The molecule has 1 heterocycles. The monoisotopic (exact) mass is 263 g/mol. The Bertz CT molecular complexity index is 377. The minimum Gasteiger partial charge on any atom is -0.494 e. The topological polar surface area (TPSA) is 30.5 Å². The van der Waals surface area contributed by atoms with E-state index < -0.39 is 0 Å². The predicted octanol–water partition coefficient (Wildman–Crippen LogP) is 3.16. The van der Waals surface area contributed by atoms with E-state index in [0.717, 1.165) is 18.9 Å². The Kier molecular flexibility index (Phi) is 5.23. The molecule has 3 heteroatoms. The van der Waals surface area contributed by atoms with E-state index in [2.05, 4.69) is 31.3 Å². The smallest absolute Gasteiger partial charge is 0.119 e. The molecule has 0 spiro atoms. The molecule has 0 bridgehead atoms. The molecule has 3 atom stereocenters. The molecule has 0 aromatic heterocycles. The average Bonchev–Trinajstić information content (AvgIpc) is 2.83. The summed E-state index contributed by atoms with van der Waals surface area (Å²) in [5.41, 5.74) is 1.30. The van der Waals surface area contributed by atoms with E-state index >= 15 is 0 Å². The zero-order chi connectivity index (χ0) is 13.7. The molecule has 0 radical (unpaired) electrons. The van der Waals surface area contributed by atoms with Crippen LogP contribution in [0.2, 0.25) is 0 Å². The molecule has 1 saturated heterocycles. The summed E-state index contributed by atoms with van der Waals surface area (Å²) >= 11 is 0. The Morgan fingerprint density at radius 2 is 2.11 bits per heavy atom. The SMILES string of the molecule is CCOc1ccc(C(C)NCC2CCOC2C)cc1. The molecule has 1 aliphatic heterocycles. The molecule has 0 saturated carbocycles. The summed E-state index contributed by atoms with van der Waals surface area (Å²) < 4.78 is 11.0. The Morgan fingerprint density at radius 3 is 2.68 bits per heavy atom. The van der Waals surface area contributed by atoms with Crippen LogP contribution >= 0.6 is 0 Å². The van der Waals surface area contributed by atoms with Gasteiger partial charge in [-0.15, -0.1) is 0 Å². The van der Waals surface area contributed by atoms with Gasteiger partial charge >= 0.3 is 0 Å². The maximum atomic E-state index is 5.59. The van der Waals surface area contributed by atoms with Crippen molar-refractivity contribution < 1.29 is 9.47 Å². The van der Waals surface area contributed by atoms with Gasteiger partial charge in [0.2, 0.25) is 0 Å². The van der Waals surface area contributed by atoms with Crippen molar-refractivity contribution in [3.05, 3.63) is 29.8 Å². The van der Waals surface area contributed by atoms with Gasteiger partial charge in [0.1, 0.15) is 5.75 Å². The van der Waals surface area contributed by atoms with Crippen LogP contribution < -0.4 is 10.1 Å². The summed E-state index contributed by atoms with van der Waals surface area (Å²) in [7, 11) is 0. The second kappa shape index (κ2) is 6.92. The molecule has 19 heavy (non-hydrogen) atoms. The zero-order valence-corrected chi connectivity index (χ0v) is 12.2. The first-order chi connectivity index (χ1) is 9.20. The highest BCUT2D eigenvalue weighted by Crippen LogP contribution is 2.22. The van der Waals surface area contributed by atoms with Crippen molar-refractivity contribution in [3.8, 4) is 5.75 Å². The van der Waals surface area contributed by atoms with Crippen molar-refractivity contribution >= 4 is 0 Å². The van der Waals surface area contributed by atoms with E-state index in [1.807, 2.05) is 19.1 Å². The lowest BCUT2D eigenvalue weighted by Gasteiger charge is -2.19. The van der Waals surface area contributed by atoms with Gasteiger partial charge in [0.15, 0.2) is 0 Å². The molecule has 2 rings (SSSR count). The zero-order valence-electron chi connectivity index (χ0n) is 12.2. The minimum absolute atomic E-state index is 0.364. The Hall–Kier alpha value is -1.06. The second-order valence-corrected chi connectivity index (χ2v) is 5.26. The summed E-state index contributed by atoms with van der Waals surface area (Å²) in [6.45, 7) is 9.02. The third-order valence-corrected chi connectivity index (χ3v) is 3.91. The van der Waals surface area contributed by atoms with Crippen molar-refractivity contribution in [1.82, 2.24) is 5.32 Å². The van der Waals surface area contributed by atoms with Crippen LogP contribution in [0.15, 0.2) is 24.3 Å². The van der Waals surface area contributed by atoms with Crippen LogP contribution in [0.3, 0.4) is 0 Å². The van der Waals surface area contributed by atoms with Gasteiger partial charge < -0.3 is 14.8 Å². The summed E-state index contributed by atoms with van der Waals surface area (Å²) in [6, 6.07) is 8.72. The summed E-state index contributed by atoms with van der Waals surface area (Å²) in [4.78, 5) is 0. The molecule has 0 amide bonds. The van der Waals surface area contributed by atoms with Crippen molar-refractivity contribution in [2.75, 3.05) is 19.8 Å². The lowest BCUT2D eigenvalue weighted by atomic mass is 10.0.